The standard InChI is InChI=1S/C18H23N3OS.C4H10O.CH2O/c1-3-14-8-5-6-9-15(14)20-13-7-10-16-18(22)21(4-2)17(23-16)11-12-19;1-3-5-4-2;1-2/h5-6,8-9,11,16,20H,3-4,7,10,13H2,1-2H3;3-4H2,1-2H3;1H2/b17-11+;;. The van der Waals surface area contributed by atoms with Crippen LogP contribution in [-0.4, -0.2) is 49.1 Å². The number of rotatable bonds is 9. The monoisotopic (exact) mass is 433 g/mol. The van der Waals surface area contributed by atoms with Crippen molar-refractivity contribution in [1.82, 2.24) is 4.90 Å². The van der Waals surface area contributed by atoms with E-state index in [0.717, 1.165) is 44.1 Å². The summed E-state index contributed by atoms with van der Waals surface area (Å²) in [4.78, 5) is 22.0. The molecule has 1 saturated heterocycles. The maximum Gasteiger partial charge on any atom is 0.240 e. The molecule has 0 saturated carbocycles. The molecule has 0 aromatic heterocycles. The number of thioether (sulfide) groups is 1. The van der Waals surface area contributed by atoms with Crippen molar-refractivity contribution in [2.45, 2.75) is 52.2 Å². The first-order valence-corrected chi connectivity index (χ1v) is 11.3. The van der Waals surface area contributed by atoms with E-state index in [9.17, 15) is 4.79 Å². The summed E-state index contributed by atoms with van der Waals surface area (Å²) in [5.41, 5.74) is 2.50. The molecule has 1 aliphatic heterocycles. The molecule has 2 rings (SSSR count). The zero-order valence-corrected chi connectivity index (χ0v) is 19.5. The summed E-state index contributed by atoms with van der Waals surface area (Å²) in [5.74, 6) is 0.132. The van der Waals surface area contributed by atoms with Crippen LogP contribution in [0.15, 0.2) is 35.4 Å². The van der Waals surface area contributed by atoms with E-state index < -0.39 is 0 Å². The van der Waals surface area contributed by atoms with E-state index in [1.165, 1.54) is 29.1 Å². The lowest BCUT2D eigenvalue weighted by Crippen LogP contribution is -2.28. The van der Waals surface area contributed by atoms with Gasteiger partial charge in [-0.3, -0.25) is 4.79 Å². The Bertz CT molecular complexity index is 687. The van der Waals surface area contributed by atoms with Gasteiger partial charge in [-0.25, -0.2) is 0 Å². The number of allylic oxidation sites excluding steroid dienone is 1. The van der Waals surface area contributed by atoms with E-state index in [0.29, 0.717) is 6.54 Å². The molecular weight excluding hydrogens is 398 g/mol. The Kier molecular flexibility index (Phi) is 16.2. The molecule has 1 atom stereocenters. The van der Waals surface area contributed by atoms with Crippen LogP contribution in [0.4, 0.5) is 5.69 Å². The van der Waals surface area contributed by atoms with Gasteiger partial charge < -0.3 is 19.7 Å². The van der Waals surface area contributed by atoms with Gasteiger partial charge in [-0.2, -0.15) is 5.26 Å². The van der Waals surface area contributed by atoms with Crippen LogP contribution in [-0.2, 0) is 20.7 Å². The molecular formula is C23H35N3O3S. The van der Waals surface area contributed by atoms with Crippen molar-refractivity contribution in [2.75, 3.05) is 31.6 Å². The summed E-state index contributed by atoms with van der Waals surface area (Å²) >= 11 is 1.52. The number of hydrogen-bond acceptors (Lipinski definition) is 6. The lowest BCUT2D eigenvalue weighted by atomic mass is 10.1. The van der Waals surface area contributed by atoms with Crippen LogP contribution in [0.25, 0.3) is 0 Å². The fourth-order valence-corrected chi connectivity index (χ4v) is 4.19. The highest BCUT2D eigenvalue weighted by Crippen LogP contribution is 2.36. The van der Waals surface area contributed by atoms with Crippen molar-refractivity contribution < 1.29 is 14.3 Å². The molecule has 1 aromatic carbocycles. The van der Waals surface area contributed by atoms with Gasteiger partial charge in [-0.05, 0) is 51.7 Å². The minimum absolute atomic E-state index is 0.0576. The predicted octanol–water partition coefficient (Wildman–Crippen LogP) is 4.63. The van der Waals surface area contributed by atoms with Gasteiger partial charge in [-0.1, -0.05) is 36.9 Å². The van der Waals surface area contributed by atoms with E-state index >= 15 is 0 Å². The Balaban J connectivity index is 0.00000105. The van der Waals surface area contributed by atoms with Gasteiger partial charge in [0, 0.05) is 38.1 Å². The number of ether oxygens (including phenoxy) is 1. The molecule has 1 heterocycles. The molecule has 0 aliphatic carbocycles. The Morgan fingerprint density at radius 1 is 1.23 bits per heavy atom. The van der Waals surface area contributed by atoms with Crippen LogP contribution in [0.3, 0.4) is 0 Å². The second-order valence-corrected chi connectivity index (χ2v) is 7.38. The maximum absolute atomic E-state index is 12.3. The molecule has 1 aliphatic rings. The fourth-order valence-electron chi connectivity index (χ4n) is 2.92. The molecule has 1 N–H and O–H groups in total. The number of aryl methyl sites for hydroxylation is 1. The van der Waals surface area contributed by atoms with Gasteiger partial charge in [-0.15, -0.1) is 0 Å². The van der Waals surface area contributed by atoms with Gasteiger partial charge in [0.25, 0.3) is 0 Å². The number of carbonyl (C=O) groups is 2. The van der Waals surface area contributed by atoms with Gasteiger partial charge in [0.2, 0.25) is 5.91 Å². The molecule has 1 aromatic rings. The van der Waals surface area contributed by atoms with Crippen molar-refractivity contribution in [3.8, 4) is 6.07 Å². The van der Waals surface area contributed by atoms with Crippen molar-refractivity contribution in [2.24, 2.45) is 0 Å². The summed E-state index contributed by atoms with van der Waals surface area (Å²) in [6, 6.07) is 10.4. The van der Waals surface area contributed by atoms with Gasteiger partial charge >= 0.3 is 0 Å². The van der Waals surface area contributed by atoms with E-state index in [4.69, 9.17) is 14.8 Å². The number of hydrogen-bond donors (Lipinski definition) is 1. The molecule has 0 radical (unpaired) electrons. The second-order valence-electron chi connectivity index (χ2n) is 6.16. The normalized spacial score (nSPS) is 16.2. The third-order valence-electron chi connectivity index (χ3n) is 4.34. The Hall–Kier alpha value is -2.30. The first-order valence-electron chi connectivity index (χ1n) is 10.4. The predicted molar refractivity (Wildman–Crippen MR) is 125 cm³/mol. The second kappa shape index (κ2) is 17.5. The van der Waals surface area contributed by atoms with Crippen LogP contribution in [0.1, 0.15) is 46.1 Å². The minimum Gasteiger partial charge on any atom is -0.385 e. The number of carbonyl (C=O) groups excluding carboxylic acids is 2. The Morgan fingerprint density at radius 3 is 2.43 bits per heavy atom. The average Bonchev–Trinajstić information content (AvgIpc) is 3.08. The number of nitriles is 1. The van der Waals surface area contributed by atoms with Crippen LogP contribution >= 0.6 is 11.8 Å². The van der Waals surface area contributed by atoms with Gasteiger partial charge in [0.05, 0.1) is 16.3 Å². The number of benzene rings is 1. The highest BCUT2D eigenvalue weighted by atomic mass is 32.2. The summed E-state index contributed by atoms with van der Waals surface area (Å²) in [6.45, 7) is 13.2. The highest BCUT2D eigenvalue weighted by molar-refractivity contribution is 8.04. The van der Waals surface area contributed by atoms with E-state index in [-0.39, 0.29) is 11.2 Å². The van der Waals surface area contributed by atoms with E-state index in [1.54, 1.807) is 4.90 Å². The Morgan fingerprint density at radius 2 is 1.90 bits per heavy atom. The van der Waals surface area contributed by atoms with E-state index in [1.807, 2.05) is 39.7 Å². The molecule has 0 spiro atoms. The Labute approximate surface area is 185 Å². The molecule has 1 fully saturated rings. The number of para-hydroxylation sites is 1. The summed E-state index contributed by atoms with van der Waals surface area (Å²) < 4.78 is 4.83. The van der Waals surface area contributed by atoms with Crippen LogP contribution < -0.4 is 5.32 Å². The molecule has 6 nitrogen and oxygen atoms in total. The van der Waals surface area contributed by atoms with Crippen molar-refractivity contribution in [1.29, 1.82) is 5.26 Å². The maximum atomic E-state index is 12.3. The zero-order chi connectivity index (χ0) is 22.8. The van der Waals surface area contributed by atoms with Crippen LogP contribution in [0.2, 0.25) is 0 Å². The number of anilines is 1. The van der Waals surface area contributed by atoms with Crippen LogP contribution in [0, 0.1) is 11.3 Å². The summed E-state index contributed by atoms with van der Waals surface area (Å²) in [6.07, 6.45) is 4.23. The summed E-state index contributed by atoms with van der Waals surface area (Å²) in [7, 11) is 0. The first kappa shape index (κ1) is 27.7. The van der Waals surface area contributed by atoms with Crippen molar-refractivity contribution in [3.63, 3.8) is 0 Å². The fraction of sp³-hybridized carbons (Fsp3) is 0.522. The van der Waals surface area contributed by atoms with Crippen molar-refractivity contribution in [3.05, 3.63) is 40.9 Å². The topological polar surface area (TPSA) is 82.4 Å². The first-order chi connectivity index (χ1) is 14.6. The van der Waals surface area contributed by atoms with E-state index in [2.05, 4.69) is 30.4 Å². The molecule has 30 heavy (non-hydrogen) atoms. The van der Waals surface area contributed by atoms with Crippen LogP contribution in [0.5, 0.6) is 0 Å². The lowest BCUT2D eigenvalue weighted by molar-refractivity contribution is -0.127. The largest absolute Gasteiger partial charge is 0.385 e. The highest BCUT2D eigenvalue weighted by Gasteiger charge is 2.34. The van der Waals surface area contributed by atoms with Gasteiger partial charge in [0.1, 0.15) is 6.79 Å². The number of nitrogens with zero attached hydrogens (tertiary/aromatic N) is 2. The molecule has 0 bridgehead atoms. The third kappa shape index (κ3) is 9.47. The zero-order valence-electron chi connectivity index (χ0n) is 18.6. The molecule has 166 valence electrons. The lowest BCUT2D eigenvalue weighted by Gasteiger charge is -2.14. The molecule has 1 amide bonds. The quantitative estimate of drug-likeness (QED) is 0.452. The summed E-state index contributed by atoms with van der Waals surface area (Å²) in [5, 5.41) is 13.0. The number of amides is 1. The molecule has 1 unspecified atom stereocenters. The minimum atomic E-state index is -0.0576. The smallest absolute Gasteiger partial charge is 0.240 e. The average molecular weight is 434 g/mol. The SMILES string of the molecule is C=O.CCOCC.CCc1ccccc1NCCCC1S/C(=C/C#N)N(CC)C1=O. The van der Waals surface area contributed by atoms with Gasteiger partial charge in [0.15, 0.2) is 0 Å². The third-order valence-corrected chi connectivity index (χ3v) is 5.64. The number of nitrogens with one attached hydrogen (secondary N) is 1. The van der Waals surface area contributed by atoms with Crippen molar-refractivity contribution >= 4 is 30.1 Å². The molecule has 7 heteroatoms.